The molecule has 280 valence electrons. The number of ketones is 1. The fourth-order valence-corrected chi connectivity index (χ4v) is 10.7. The van der Waals surface area contributed by atoms with Crippen LogP contribution in [0, 0.1) is 11.8 Å². The predicted octanol–water partition coefficient (Wildman–Crippen LogP) is 14.3. The van der Waals surface area contributed by atoms with Crippen LogP contribution in [0.5, 0.6) is 0 Å². The number of carbonyl (C=O) groups excluding carboxylic acids is 1. The van der Waals surface area contributed by atoms with Crippen molar-refractivity contribution in [3.05, 3.63) is 209 Å². The molecule has 0 amide bonds. The molecule has 0 aromatic heterocycles. The molecule has 1 heteroatoms. The lowest BCUT2D eigenvalue weighted by Gasteiger charge is -2.23. The van der Waals surface area contributed by atoms with E-state index in [-0.39, 0.29) is 28.4 Å². The molecule has 0 saturated heterocycles. The topological polar surface area (TPSA) is 17.1 Å². The number of benzene rings is 7. The molecule has 2 unspecified atom stereocenters. The number of allylic oxidation sites excluding steroid dienone is 4. The Labute approximate surface area is 342 Å². The van der Waals surface area contributed by atoms with Crippen LogP contribution in [0.2, 0.25) is 0 Å². The van der Waals surface area contributed by atoms with Gasteiger partial charge >= 0.3 is 0 Å². The molecule has 7 aromatic carbocycles. The third-order valence-corrected chi connectivity index (χ3v) is 14.0. The van der Waals surface area contributed by atoms with E-state index in [9.17, 15) is 4.79 Å². The van der Waals surface area contributed by atoms with Gasteiger partial charge in [-0.1, -0.05) is 167 Å². The zero-order valence-electron chi connectivity index (χ0n) is 33.6. The molecule has 1 nitrogen and oxygen atoms in total. The number of fused-ring (bicyclic) bond motifs is 8. The number of Topliss-reactive ketones (excluding diaryl/α,β-unsaturated/α-hetero) is 1. The fraction of sp³-hybridized carbons (Fsp3) is 0.175. The van der Waals surface area contributed by atoms with Crippen LogP contribution >= 0.6 is 0 Å². The molecule has 0 spiro atoms. The first kappa shape index (κ1) is 34.9. The summed E-state index contributed by atoms with van der Waals surface area (Å²) in [5.74, 6) is 0.228. The average Bonchev–Trinajstić information content (AvgIpc) is 3.57. The monoisotopic (exact) mass is 746 g/mol. The van der Waals surface area contributed by atoms with Gasteiger partial charge in [0.05, 0.1) is 0 Å². The maximum absolute atomic E-state index is 14.7. The normalized spacial score (nSPS) is 18.9. The number of hydrogen-bond acceptors (Lipinski definition) is 1. The summed E-state index contributed by atoms with van der Waals surface area (Å²) in [6, 6.07) is 55.8. The van der Waals surface area contributed by atoms with Crippen molar-refractivity contribution in [1.29, 1.82) is 0 Å². The van der Waals surface area contributed by atoms with Crippen molar-refractivity contribution < 1.29 is 4.79 Å². The molecule has 2 atom stereocenters. The van der Waals surface area contributed by atoms with Crippen molar-refractivity contribution in [2.45, 2.75) is 51.4 Å². The van der Waals surface area contributed by atoms with Crippen molar-refractivity contribution in [1.82, 2.24) is 0 Å². The maximum Gasteiger partial charge on any atom is 0.170 e. The van der Waals surface area contributed by atoms with Gasteiger partial charge in [-0.15, -0.1) is 0 Å². The van der Waals surface area contributed by atoms with Crippen LogP contribution in [0.4, 0.5) is 0 Å². The van der Waals surface area contributed by atoms with Crippen molar-refractivity contribution >= 4 is 11.4 Å². The SMILES string of the molecule is CC1(C)c2ccccc2-c2cc(-c3cccc(C4=CC5C(=O)c6cc(-c7cccc(-c8ccc9c(c8)-c8ccccc8C9(C)C)c7)ccc6CCC5C=C4)c3)ccc21. The van der Waals surface area contributed by atoms with E-state index in [0.29, 0.717) is 0 Å². The lowest BCUT2D eigenvalue weighted by molar-refractivity contribution is 0.0924. The van der Waals surface area contributed by atoms with Gasteiger partial charge in [0.2, 0.25) is 0 Å². The summed E-state index contributed by atoms with van der Waals surface area (Å²) in [6.07, 6.45) is 8.66. The minimum Gasteiger partial charge on any atom is -0.293 e. The summed E-state index contributed by atoms with van der Waals surface area (Å²) in [5, 5.41) is 0. The Balaban J connectivity index is 0.895. The largest absolute Gasteiger partial charge is 0.293 e. The van der Waals surface area contributed by atoms with E-state index in [0.717, 1.165) is 46.2 Å². The Morgan fingerprint density at radius 1 is 0.448 bits per heavy atom. The van der Waals surface area contributed by atoms with Gasteiger partial charge in [0, 0.05) is 22.3 Å². The molecular formula is C57H46O. The molecule has 0 bridgehead atoms. The van der Waals surface area contributed by atoms with Gasteiger partial charge in [0.15, 0.2) is 5.78 Å². The van der Waals surface area contributed by atoms with E-state index in [2.05, 4.69) is 198 Å². The Kier molecular flexibility index (Phi) is 7.73. The van der Waals surface area contributed by atoms with Gasteiger partial charge in [-0.2, -0.15) is 0 Å². The number of carbonyl (C=O) groups is 1. The van der Waals surface area contributed by atoms with Crippen LogP contribution in [0.1, 0.15) is 77.9 Å². The molecule has 0 heterocycles. The van der Waals surface area contributed by atoms with Gasteiger partial charge in [0.1, 0.15) is 0 Å². The first-order valence-corrected chi connectivity index (χ1v) is 20.9. The van der Waals surface area contributed by atoms with Crippen molar-refractivity contribution in [3.63, 3.8) is 0 Å². The Morgan fingerprint density at radius 2 is 0.914 bits per heavy atom. The highest BCUT2D eigenvalue weighted by Crippen LogP contribution is 2.51. The summed E-state index contributed by atoms with van der Waals surface area (Å²) in [6.45, 7) is 9.31. The Hall–Kier alpha value is -6.31. The second kappa shape index (κ2) is 12.9. The van der Waals surface area contributed by atoms with E-state index in [4.69, 9.17) is 0 Å². The minimum absolute atomic E-state index is 0.0106. The van der Waals surface area contributed by atoms with Gasteiger partial charge in [-0.3, -0.25) is 4.79 Å². The minimum atomic E-state index is -0.191. The molecule has 4 aliphatic carbocycles. The zero-order valence-corrected chi connectivity index (χ0v) is 33.6. The molecule has 7 aromatic rings. The highest BCUT2D eigenvalue weighted by atomic mass is 16.1. The molecule has 11 rings (SSSR count). The molecule has 0 fully saturated rings. The first-order chi connectivity index (χ1) is 28.1. The van der Waals surface area contributed by atoms with Crippen LogP contribution in [0.25, 0.3) is 61.2 Å². The smallest absolute Gasteiger partial charge is 0.170 e. The molecule has 0 radical (unpaired) electrons. The highest BCUT2D eigenvalue weighted by molar-refractivity contribution is 6.03. The van der Waals surface area contributed by atoms with E-state index in [1.165, 1.54) is 66.8 Å². The molecular weight excluding hydrogens is 701 g/mol. The number of aryl methyl sites for hydroxylation is 1. The van der Waals surface area contributed by atoms with Crippen molar-refractivity contribution in [3.8, 4) is 55.6 Å². The maximum atomic E-state index is 14.7. The second-order valence-electron chi connectivity index (χ2n) is 18.0. The van der Waals surface area contributed by atoms with Crippen molar-refractivity contribution in [2.75, 3.05) is 0 Å². The van der Waals surface area contributed by atoms with Gasteiger partial charge < -0.3 is 0 Å². The lowest BCUT2D eigenvalue weighted by Crippen LogP contribution is -2.21. The van der Waals surface area contributed by atoms with E-state index in [1.54, 1.807) is 0 Å². The molecule has 0 N–H and O–H groups in total. The van der Waals surface area contributed by atoms with Crippen LogP contribution < -0.4 is 0 Å². The molecule has 4 aliphatic rings. The molecule has 0 aliphatic heterocycles. The van der Waals surface area contributed by atoms with Gasteiger partial charge in [0.25, 0.3) is 0 Å². The highest BCUT2D eigenvalue weighted by Gasteiger charge is 2.37. The van der Waals surface area contributed by atoms with E-state index in [1.807, 2.05) is 0 Å². The fourth-order valence-electron chi connectivity index (χ4n) is 10.7. The third-order valence-electron chi connectivity index (χ3n) is 14.0. The first-order valence-electron chi connectivity index (χ1n) is 20.9. The van der Waals surface area contributed by atoms with Crippen LogP contribution in [-0.2, 0) is 17.3 Å². The van der Waals surface area contributed by atoms with Crippen LogP contribution in [0.3, 0.4) is 0 Å². The van der Waals surface area contributed by atoms with Gasteiger partial charge in [-0.25, -0.2) is 0 Å². The summed E-state index contributed by atoms with van der Waals surface area (Å²) in [5.41, 5.74) is 22.2. The zero-order chi connectivity index (χ0) is 39.3. The van der Waals surface area contributed by atoms with E-state index >= 15 is 0 Å². The summed E-state index contributed by atoms with van der Waals surface area (Å²) >= 11 is 0. The summed E-state index contributed by atoms with van der Waals surface area (Å²) < 4.78 is 0. The second-order valence-corrected chi connectivity index (χ2v) is 18.0. The van der Waals surface area contributed by atoms with Crippen molar-refractivity contribution in [2.24, 2.45) is 11.8 Å². The average molecular weight is 747 g/mol. The summed E-state index contributed by atoms with van der Waals surface area (Å²) in [7, 11) is 0. The van der Waals surface area contributed by atoms with Crippen LogP contribution in [0.15, 0.2) is 170 Å². The predicted molar refractivity (Wildman–Crippen MR) is 241 cm³/mol. The number of rotatable bonds is 4. The molecule has 0 saturated carbocycles. The standard InChI is InChI=1S/C57H46O/c1-56(2)51-17-7-5-15-45(51)49-33-43(25-27-53(49)56)39-13-9-11-37(29-39)41-23-21-35-19-20-36-22-24-42(32-48(36)55(58)47(35)31-41)38-12-10-14-40(30-38)44-26-28-54-50(34-44)46-16-6-8-18-52(46)57(54,3)4/h5-18,21-35,47H,19-20H2,1-4H3. The molecule has 58 heavy (non-hydrogen) atoms. The van der Waals surface area contributed by atoms with Crippen LogP contribution in [-0.4, -0.2) is 5.78 Å². The lowest BCUT2D eigenvalue weighted by atomic mass is 9.79. The van der Waals surface area contributed by atoms with E-state index < -0.39 is 0 Å². The van der Waals surface area contributed by atoms with Gasteiger partial charge in [-0.05, 0) is 144 Å². The Bertz CT molecular complexity index is 2930. The summed E-state index contributed by atoms with van der Waals surface area (Å²) in [4.78, 5) is 14.7. The third kappa shape index (κ3) is 5.33. The Morgan fingerprint density at radius 3 is 1.50 bits per heavy atom. The quantitative estimate of drug-likeness (QED) is 0.175. The number of hydrogen-bond donors (Lipinski definition) is 0.